The van der Waals surface area contributed by atoms with E-state index in [0.29, 0.717) is 5.56 Å². The largest absolute Gasteiger partial charge is 0.478 e. The lowest BCUT2D eigenvalue weighted by Crippen LogP contribution is -1.94. The molecule has 1 rings (SSSR count). The number of hydrogen-bond acceptors (Lipinski definition) is 1. The minimum atomic E-state index is -0.903. The highest BCUT2D eigenvalue weighted by atomic mass is 16.4. The SMILES string of the molecule is C=CC=Cc1ccc(C(=O)O)cc1. The van der Waals surface area contributed by atoms with Crippen molar-refractivity contribution in [1.82, 2.24) is 0 Å². The molecule has 2 heteroatoms. The molecule has 0 aromatic heterocycles. The summed E-state index contributed by atoms with van der Waals surface area (Å²) in [4.78, 5) is 10.5. The van der Waals surface area contributed by atoms with Crippen molar-refractivity contribution < 1.29 is 9.90 Å². The quantitative estimate of drug-likeness (QED) is 0.715. The molecule has 1 N–H and O–H groups in total. The van der Waals surface area contributed by atoms with Crippen LogP contribution < -0.4 is 0 Å². The van der Waals surface area contributed by atoms with Gasteiger partial charge in [-0.1, -0.05) is 36.9 Å². The molecule has 0 heterocycles. The molecule has 1 aromatic rings. The van der Waals surface area contributed by atoms with Gasteiger partial charge in [-0.05, 0) is 17.7 Å². The fraction of sp³-hybridized carbons (Fsp3) is 0. The monoisotopic (exact) mass is 174 g/mol. The summed E-state index contributed by atoms with van der Waals surface area (Å²) >= 11 is 0. The summed E-state index contributed by atoms with van der Waals surface area (Å²) in [7, 11) is 0. The Kier molecular flexibility index (Phi) is 3.03. The van der Waals surface area contributed by atoms with Crippen molar-refractivity contribution in [3.63, 3.8) is 0 Å². The number of benzene rings is 1. The van der Waals surface area contributed by atoms with Gasteiger partial charge in [-0.25, -0.2) is 4.79 Å². The van der Waals surface area contributed by atoms with Crippen molar-refractivity contribution in [2.24, 2.45) is 0 Å². The van der Waals surface area contributed by atoms with Crippen LogP contribution in [0.2, 0.25) is 0 Å². The van der Waals surface area contributed by atoms with Crippen LogP contribution in [-0.2, 0) is 0 Å². The van der Waals surface area contributed by atoms with Crippen LogP contribution in [0, 0.1) is 0 Å². The highest BCUT2D eigenvalue weighted by Crippen LogP contribution is 2.05. The number of rotatable bonds is 3. The normalized spacial score (nSPS) is 10.2. The summed E-state index contributed by atoms with van der Waals surface area (Å²) in [5.41, 5.74) is 1.26. The average Bonchev–Trinajstić information content (AvgIpc) is 2.15. The van der Waals surface area contributed by atoms with Crippen molar-refractivity contribution in [1.29, 1.82) is 0 Å². The summed E-state index contributed by atoms with van der Waals surface area (Å²) in [6, 6.07) is 6.66. The van der Waals surface area contributed by atoms with E-state index in [0.717, 1.165) is 5.56 Å². The molecule has 13 heavy (non-hydrogen) atoms. The lowest BCUT2D eigenvalue weighted by molar-refractivity contribution is 0.0697. The third-order valence-corrected chi connectivity index (χ3v) is 1.58. The van der Waals surface area contributed by atoms with E-state index in [4.69, 9.17) is 5.11 Å². The lowest BCUT2D eigenvalue weighted by Gasteiger charge is -1.94. The Morgan fingerprint density at radius 1 is 1.31 bits per heavy atom. The van der Waals surface area contributed by atoms with E-state index in [1.54, 1.807) is 36.4 Å². The summed E-state index contributed by atoms with van der Waals surface area (Å²) in [6.07, 6.45) is 5.33. The van der Waals surface area contributed by atoms with Gasteiger partial charge in [0.2, 0.25) is 0 Å². The Balaban J connectivity index is 2.87. The highest BCUT2D eigenvalue weighted by Gasteiger charge is 1.99. The lowest BCUT2D eigenvalue weighted by atomic mass is 10.1. The van der Waals surface area contributed by atoms with Crippen molar-refractivity contribution >= 4 is 12.0 Å². The molecule has 0 spiro atoms. The fourth-order valence-electron chi connectivity index (χ4n) is 0.916. The van der Waals surface area contributed by atoms with E-state index in [1.165, 1.54) is 0 Å². The average molecular weight is 174 g/mol. The van der Waals surface area contributed by atoms with Crippen molar-refractivity contribution in [2.45, 2.75) is 0 Å². The molecule has 0 aliphatic carbocycles. The smallest absolute Gasteiger partial charge is 0.335 e. The van der Waals surface area contributed by atoms with Crippen LogP contribution in [-0.4, -0.2) is 11.1 Å². The van der Waals surface area contributed by atoms with Gasteiger partial charge in [-0.15, -0.1) is 0 Å². The Bertz CT molecular complexity index is 334. The minimum Gasteiger partial charge on any atom is -0.478 e. The van der Waals surface area contributed by atoms with Gasteiger partial charge in [0.25, 0.3) is 0 Å². The van der Waals surface area contributed by atoms with Crippen LogP contribution in [0.15, 0.2) is 43.0 Å². The maximum atomic E-state index is 10.5. The Morgan fingerprint density at radius 2 is 1.92 bits per heavy atom. The van der Waals surface area contributed by atoms with Crippen molar-refractivity contribution in [3.8, 4) is 0 Å². The molecule has 0 saturated carbocycles. The van der Waals surface area contributed by atoms with E-state index in [2.05, 4.69) is 6.58 Å². The van der Waals surface area contributed by atoms with Crippen LogP contribution in [0.1, 0.15) is 15.9 Å². The first kappa shape index (κ1) is 9.26. The fourth-order valence-corrected chi connectivity index (χ4v) is 0.916. The van der Waals surface area contributed by atoms with Gasteiger partial charge >= 0.3 is 5.97 Å². The third kappa shape index (κ3) is 2.60. The number of aromatic carboxylic acids is 1. The molecule has 0 aliphatic rings. The topological polar surface area (TPSA) is 37.3 Å². The Labute approximate surface area is 76.8 Å². The standard InChI is InChI=1S/C11H10O2/c1-2-3-4-9-5-7-10(8-6-9)11(12)13/h2-8H,1H2,(H,12,13). The number of carboxylic acid groups (broad SMARTS) is 1. The summed E-state index contributed by atoms with van der Waals surface area (Å²) in [5, 5.41) is 8.62. The molecule has 0 amide bonds. The molecule has 0 bridgehead atoms. The maximum absolute atomic E-state index is 10.5. The molecule has 0 unspecified atom stereocenters. The third-order valence-electron chi connectivity index (χ3n) is 1.58. The molecule has 0 radical (unpaired) electrons. The molecule has 66 valence electrons. The molecule has 0 saturated heterocycles. The van der Waals surface area contributed by atoms with Crippen LogP contribution in [0.5, 0.6) is 0 Å². The first-order chi connectivity index (χ1) is 6.24. The summed E-state index contributed by atoms with van der Waals surface area (Å²) < 4.78 is 0. The van der Waals surface area contributed by atoms with E-state index < -0.39 is 5.97 Å². The molecule has 2 nitrogen and oxygen atoms in total. The maximum Gasteiger partial charge on any atom is 0.335 e. The second kappa shape index (κ2) is 4.26. The van der Waals surface area contributed by atoms with Gasteiger partial charge < -0.3 is 5.11 Å². The first-order valence-corrected chi connectivity index (χ1v) is 3.86. The Morgan fingerprint density at radius 3 is 2.38 bits per heavy atom. The Hall–Kier alpha value is -1.83. The van der Waals surface area contributed by atoms with E-state index in [9.17, 15) is 4.79 Å². The van der Waals surface area contributed by atoms with E-state index in [1.807, 2.05) is 6.08 Å². The second-order valence-electron chi connectivity index (χ2n) is 2.52. The van der Waals surface area contributed by atoms with Gasteiger partial charge in [0.05, 0.1) is 5.56 Å². The summed E-state index contributed by atoms with van der Waals surface area (Å²) in [6.45, 7) is 3.54. The zero-order valence-electron chi connectivity index (χ0n) is 7.10. The number of carboxylic acids is 1. The minimum absolute atomic E-state index is 0.302. The van der Waals surface area contributed by atoms with Crippen LogP contribution in [0.4, 0.5) is 0 Å². The van der Waals surface area contributed by atoms with Gasteiger partial charge in [-0.3, -0.25) is 0 Å². The number of allylic oxidation sites excluding steroid dienone is 2. The predicted molar refractivity (Wildman–Crippen MR) is 52.6 cm³/mol. The van der Waals surface area contributed by atoms with Crippen LogP contribution in [0.3, 0.4) is 0 Å². The molecule has 0 aliphatic heterocycles. The van der Waals surface area contributed by atoms with E-state index >= 15 is 0 Å². The van der Waals surface area contributed by atoms with Crippen molar-refractivity contribution in [2.75, 3.05) is 0 Å². The molecule has 0 fully saturated rings. The second-order valence-corrected chi connectivity index (χ2v) is 2.52. The first-order valence-electron chi connectivity index (χ1n) is 3.86. The van der Waals surface area contributed by atoms with Gasteiger partial charge in [0.1, 0.15) is 0 Å². The predicted octanol–water partition coefficient (Wildman–Crippen LogP) is 2.58. The molecule has 1 aromatic carbocycles. The zero-order chi connectivity index (χ0) is 9.68. The van der Waals surface area contributed by atoms with Gasteiger partial charge in [0, 0.05) is 0 Å². The zero-order valence-corrected chi connectivity index (χ0v) is 7.10. The molecule has 0 atom stereocenters. The van der Waals surface area contributed by atoms with Gasteiger partial charge in [0.15, 0.2) is 0 Å². The van der Waals surface area contributed by atoms with Crippen molar-refractivity contribution in [3.05, 3.63) is 54.1 Å². The van der Waals surface area contributed by atoms with Crippen LogP contribution in [0.25, 0.3) is 6.08 Å². The highest BCUT2D eigenvalue weighted by molar-refractivity contribution is 5.87. The van der Waals surface area contributed by atoms with Gasteiger partial charge in [-0.2, -0.15) is 0 Å². The number of hydrogen-bond donors (Lipinski definition) is 1. The van der Waals surface area contributed by atoms with Crippen LogP contribution >= 0.6 is 0 Å². The number of carbonyl (C=O) groups is 1. The summed E-state index contributed by atoms with van der Waals surface area (Å²) in [5.74, 6) is -0.903. The molecular weight excluding hydrogens is 164 g/mol. The molecular formula is C11H10O2. The van der Waals surface area contributed by atoms with E-state index in [-0.39, 0.29) is 0 Å².